The summed E-state index contributed by atoms with van der Waals surface area (Å²) in [4.78, 5) is 16.3. The van der Waals surface area contributed by atoms with E-state index in [-0.39, 0.29) is 18.0 Å². The number of primary amides is 1. The number of anilines is 1. The molecular weight excluding hydrogens is 367 g/mol. The van der Waals surface area contributed by atoms with Crippen molar-refractivity contribution >= 4 is 11.6 Å². The molecule has 28 heavy (non-hydrogen) atoms. The van der Waals surface area contributed by atoms with E-state index in [1.54, 1.807) is 12.1 Å². The van der Waals surface area contributed by atoms with Crippen molar-refractivity contribution in [1.82, 2.24) is 4.90 Å². The van der Waals surface area contributed by atoms with Crippen molar-refractivity contribution in [2.24, 2.45) is 23.5 Å². The molecule has 1 aromatic rings. The molecule has 1 aliphatic carbocycles. The zero-order chi connectivity index (χ0) is 20.6. The Kier molecular flexibility index (Phi) is 5.94. The molecule has 0 bridgehead atoms. The van der Waals surface area contributed by atoms with Crippen LogP contribution in [0.3, 0.4) is 0 Å². The molecular formula is C21H30F3N3O. The van der Waals surface area contributed by atoms with Crippen molar-refractivity contribution in [3.8, 4) is 0 Å². The minimum absolute atomic E-state index is 0.274. The van der Waals surface area contributed by atoms with E-state index < -0.39 is 11.7 Å². The molecule has 0 radical (unpaired) electrons. The number of hydrogen-bond acceptors (Lipinski definition) is 3. The molecule has 1 saturated heterocycles. The number of fused-ring (bicyclic) bond motifs is 1. The van der Waals surface area contributed by atoms with Crippen LogP contribution in [0.2, 0.25) is 0 Å². The third-order valence-corrected chi connectivity index (χ3v) is 6.42. The van der Waals surface area contributed by atoms with Crippen LogP contribution in [0, 0.1) is 17.8 Å². The molecule has 0 unspecified atom stereocenters. The van der Waals surface area contributed by atoms with Crippen molar-refractivity contribution in [3.63, 3.8) is 0 Å². The topological polar surface area (TPSA) is 49.6 Å². The Morgan fingerprint density at radius 2 is 1.86 bits per heavy atom. The van der Waals surface area contributed by atoms with Crippen LogP contribution in [0.4, 0.5) is 18.9 Å². The number of alkyl halides is 3. The number of benzene rings is 1. The first-order chi connectivity index (χ1) is 13.1. The van der Waals surface area contributed by atoms with Gasteiger partial charge in [0.15, 0.2) is 0 Å². The van der Waals surface area contributed by atoms with Gasteiger partial charge >= 0.3 is 6.18 Å². The molecule has 4 nitrogen and oxygen atoms in total. The predicted molar refractivity (Wildman–Crippen MR) is 104 cm³/mol. The van der Waals surface area contributed by atoms with E-state index in [4.69, 9.17) is 5.73 Å². The van der Waals surface area contributed by atoms with Gasteiger partial charge in [0.05, 0.1) is 11.6 Å². The molecule has 3 rings (SSSR count). The molecule has 1 amide bonds. The zero-order valence-corrected chi connectivity index (χ0v) is 16.7. The van der Waals surface area contributed by atoms with E-state index in [2.05, 4.69) is 23.6 Å². The summed E-state index contributed by atoms with van der Waals surface area (Å²) in [6, 6.07) is 5.43. The number of nitrogens with zero attached hydrogens (tertiary/aromatic N) is 2. The number of halogens is 3. The number of carbonyl (C=O) groups is 1. The summed E-state index contributed by atoms with van der Waals surface area (Å²) in [7, 11) is 1.99. The largest absolute Gasteiger partial charge is 0.416 e. The van der Waals surface area contributed by atoms with E-state index >= 15 is 0 Å². The summed E-state index contributed by atoms with van der Waals surface area (Å²) >= 11 is 0. The van der Waals surface area contributed by atoms with Crippen molar-refractivity contribution in [2.45, 2.75) is 51.4 Å². The van der Waals surface area contributed by atoms with Gasteiger partial charge in [-0.05, 0) is 68.3 Å². The highest BCUT2D eigenvalue weighted by atomic mass is 19.4. The molecule has 7 heteroatoms. The Balaban J connectivity index is 1.70. The van der Waals surface area contributed by atoms with Crippen LogP contribution in [-0.2, 0) is 11.0 Å². The molecule has 1 saturated carbocycles. The lowest BCUT2D eigenvalue weighted by Gasteiger charge is -2.35. The number of amides is 1. The molecule has 1 aromatic carbocycles. The Bertz CT molecular complexity index is 689. The highest BCUT2D eigenvalue weighted by Crippen LogP contribution is 2.43. The Morgan fingerprint density at radius 1 is 1.21 bits per heavy atom. The van der Waals surface area contributed by atoms with Crippen LogP contribution in [0.5, 0.6) is 0 Å². The molecule has 2 aliphatic rings. The van der Waals surface area contributed by atoms with E-state index in [9.17, 15) is 18.0 Å². The van der Waals surface area contributed by atoms with Gasteiger partial charge in [-0.25, -0.2) is 0 Å². The third-order valence-electron chi connectivity index (χ3n) is 6.42. The van der Waals surface area contributed by atoms with Crippen LogP contribution < -0.4 is 10.6 Å². The van der Waals surface area contributed by atoms with Crippen molar-refractivity contribution < 1.29 is 18.0 Å². The first-order valence-corrected chi connectivity index (χ1v) is 10.0. The zero-order valence-electron chi connectivity index (χ0n) is 16.7. The lowest BCUT2D eigenvalue weighted by atomic mass is 9.94. The monoisotopic (exact) mass is 397 g/mol. The van der Waals surface area contributed by atoms with Gasteiger partial charge in [0.1, 0.15) is 0 Å². The number of hydrogen-bond donors (Lipinski definition) is 1. The standard InChI is InChI=1S/C21H30F3N3O/c1-13(2)10-19(20(25)28)26(3)18-9-4-14-11-27(12-17(14)18)16-7-5-15(6-8-16)21(22,23)24/h5-8,13-14,17-19H,4,9-12H2,1-3H3,(H2,25,28)/t14-,17+,18+,19+/m1/s1. The quantitative estimate of drug-likeness (QED) is 0.795. The second-order valence-electron chi connectivity index (χ2n) is 8.73. The van der Waals surface area contributed by atoms with Crippen LogP contribution in [-0.4, -0.2) is 43.0 Å². The highest BCUT2D eigenvalue weighted by molar-refractivity contribution is 5.79. The highest BCUT2D eigenvalue weighted by Gasteiger charge is 2.46. The van der Waals surface area contributed by atoms with E-state index in [0.717, 1.165) is 50.2 Å². The van der Waals surface area contributed by atoms with Gasteiger partial charge in [-0.2, -0.15) is 13.2 Å². The first-order valence-electron chi connectivity index (χ1n) is 10.0. The van der Waals surface area contributed by atoms with Crippen LogP contribution >= 0.6 is 0 Å². The van der Waals surface area contributed by atoms with Gasteiger partial charge in [0.2, 0.25) is 5.91 Å². The molecule has 156 valence electrons. The predicted octanol–water partition coefficient (Wildman–Crippen LogP) is 3.75. The fraction of sp³-hybridized carbons (Fsp3) is 0.667. The van der Waals surface area contributed by atoms with Gasteiger partial charge in [-0.15, -0.1) is 0 Å². The maximum atomic E-state index is 12.8. The van der Waals surface area contributed by atoms with Crippen LogP contribution in [0.1, 0.15) is 38.7 Å². The summed E-state index contributed by atoms with van der Waals surface area (Å²) in [6.07, 6.45) is -1.46. The molecule has 4 atom stereocenters. The first kappa shape index (κ1) is 21.0. The maximum Gasteiger partial charge on any atom is 0.416 e. The van der Waals surface area contributed by atoms with Gasteiger partial charge in [-0.1, -0.05) is 13.8 Å². The third kappa shape index (κ3) is 4.29. The summed E-state index contributed by atoms with van der Waals surface area (Å²) in [5.41, 5.74) is 5.89. The smallest absolute Gasteiger partial charge is 0.371 e. The minimum Gasteiger partial charge on any atom is -0.371 e. The molecule has 0 spiro atoms. The second-order valence-corrected chi connectivity index (χ2v) is 8.73. The van der Waals surface area contributed by atoms with Crippen molar-refractivity contribution in [1.29, 1.82) is 0 Å². The summed E-state index contributed by atoms with van der Waals surface area (Å²) in [5, 5.41) is 0. The van der Waals surface area contributed by atoms with Crippen LogP contribution in [0.25, 0.3) is 0 Å². The fourth-order valence-corrected chi connectivity index (χ4v) is 4.98. The van der Waals surface area contributed by atoms with E-state index in [0.29, 0.717) is 17.8 Å². The van der Waals surface area contributed by atoms with Crippen molar-refractivity contribution in [2.75, 3.05) is 25.0 Å². The van der Waals surface area contributed by atoms with Gasteiger partial charge in [-0.3, -0.25) is 9.69 Å². The van der Waals surface area contributed by atoms with Crippen molar-refractivity contribution in [3.05, 3.63) is 29.8 Å². The Labute approximate surface area is 164 Å². The Hall–Kier alpha value is -1.76. The number of carbonyl (C=O) groups excluding carboxylic acids is 1. The lowest BCUT2D eigenvalue weighted by Crippen LogP contribution is -2.50. The maximum absolute atomic E-state index is 12.8. The van der Waals surface area contributed by atoms with Crippen LogP contribution in [0.15, 0.2) is 24.3 Å². The summed E-state index contributed by atoms with van der Waals surface area (Å²) in [5.74, 6) is 1.00. The lowest BCUT2D eigenvalue weighted by molar-refractivity contribution is -0.137. The SMILES string of the molecule is CC(C)C[C@@H](C(N)=O)N(C)[C@H]1CC[C@@H]2CN(c3ccc(C(F)(F)F)cc3)C[C@@H]21. The molecule has 2 fully saturated rings. The average Bonchev–Trinajstić information content (AvgIpc) is 3.18. The minimum atomic E-state index is -4.31. The molecule has 1 heterocycles. The normalized spacial score (nSPS) is 26.1. The number of likely N-dealkylation sites (N-methyl/N-ethyl adjacent to an activating group) is 1. The second kappa shape index (κ2) is 7.93. The number of rotatable bonds is 6. The number of nitrogens with two attached hydrogens (primary N) is 1. The molecule has 1 aliphatic heterocycles. The summed E-state index contributed by atoms with van der Waals surface area (Å²) in [6.45, 7) is 5.83. The van der Waals surface area contributed by atoms with E-state index in [1.807, 2.05) is 7.05 Å². The molecule has 0 aromatic heterocycles. The summed E-state index contributed by atoms with van der Waals surface area (Å²) < 4.78 is 38.4. The average molecular weight is 397 g/mol. The van der Waals surface area contributed by atoms with Gasteiger partial charge in [0, 0.05) is 24.8 Å². The van der Waals surface area contributed by atoms with Gasteiger partial charge < -0.3 is 10.6 Å². The van der Waals surface area contributed by atoms with Gasteiger partial charge in [0.25, 0.3) is 0 Å². The van der Waals surface area contributed by atoms with E-state index in [1.165, 1.54) is 0 Å². The molecule has 2 N–H and O–H groups in total. The Morgan fingerprint density at radius 3 is 2.39 bits per heavy atom. The fourth-order valence-electron chi connectivity index (χ4n) is 4.98.